The van der Waals surface area contributed by atoms with Crippen molar-refractivity contribution in [3.05, 3.63) is 15.9 Å². The molecular formula is C10H18BrN5O. The van der Waals surface area contributed by atoms with E-state index in [1.54, 1.807) is 0 Å². The second-order valence-electron chi connectivity index (χ2n) is 4.09. The number of nitrogens with two attached hydrogens (primary N) is 1. The van der Waals surface area contributed by atoms with E-state index in [1.807, 2.05) is 37.5 Å². The molecule has 0 saturated carbocycles. The quantitative estimate of drug-likeness (QED) is 0.377. The molecule has 0 radical (unpaired) electrons. The normalized spacial score (nSPS) is 14.4. The van der Waals surface area contributed by atoms with Gasteiger partial charge in [-0.05, 0) is 36.8 Å². The van der Waals surface area contributed by atoms with Crippen molar-refractivity contribution in [2.45, 2.75) is 26.4 Å². The first-order valence-electron chi connectivity index (χ1n) is 5.24. The third-order valence-corrected chi connectivity index (χ3v) is 3.90. The highest BCUT2D eigenvalue weighted by atomic mass is 79.9. The van der Waals surface area contributed by atoms with Crippen molar-refractivity contribution in [1.82, 2.24) is 14.7 Å². The number of oxime groups is 1. The number of rotatable bonds is 4. The van der Waals surface area contributed by atoms with Crippen molar-refractivity contribution >= 4 is 21.8 Å². The lowest BCUT2D eigenvalue weighted by atomic mass is 10.2. The molecule has 0 bridgehead atoms. The Morgan fingerprint density at radius 1 is 1.71 bits per heavy atom. The molecule has 0 fully saturated rings. The van der Waals surface area contributed by atoms with Crippen LogP contribution in [0.5, 0.6) is 0 Å². The van der Waals surface area contributed by atoms with Gasteiger partial charge in [-0.2, -0.15) is 5.10 Å². The van der Waals surface area contributed by atoms with Crippen LogP contribution in [0.25, 0.3) is 0 Å². The topological polar surface area (TPSA) is 79.7 Å². The maximum absolute atomic E-state index is 8.64. The molecule has 1 unspecified atom stereocenters. The number of nitrogens with zero attached hydrogens (tertiary/aromatic N) is 4. The van der Waals surface area contributed by atoms with Gasteiger partial charge in [0.25, 0.3) is 0 Å². The molecule has 3 N–H and O–H groups in total. The number of hydrogen-bond acceptors (Lipinski definition) is 4. The Balaban J connectivity index is 2.84. The van der Waals surface area contributed by atoms with Crippen LogP contribution in [-0.2, 0) is 13.6 Å². The Bertz CT molecular complexity index is 429. The first-order chi connectivity index (χ1) is 7.88. The van der Waals surface area contributed by atoms with E-state index < -0.39 is 0 Å². The first kappa shape index (κ1) is 14.0. The molecule has 7 heteroatoms. The molecule has 0 spiro atoms. The second-order valence-corrected chi connectivity index (χ2v) is 4.88. The molecule has 6 nitrogen and oxygen atoms in total. The van der Waals surface area contributed by atoms with Gasteiger partial charge < -0.3 is 10.9 Å². The summed E-state index contributed by atoms with van der Waals surface area (Å²) in [5.74, 6) is 0.197. The molecular weight excluding hydrogens is 286 g/mol. The van der Waals surface area contributed by atoms with E-state index in [0.29, 0.717) is 6.54 Å². The predicted molar refractivity (Wildman–Crippen MR) is 70.0 cm³/mol. The summed E-state index contributed by atoms with van der Waals surface area (Å²) in [6, 6.07) is -0.137. The van der Waals surface area contributed by atoms with Crippen LogP contribution in [0.3, 0.4) is 0 Å². The molecule has 1 aromatic rings. The van der Waals surface area contributed by atoms with Gasteiger partial charge in [0, 0.05) is 13.6 Å². The van der Waals surface area contributed by atoms with Crippen molar-refractivity contribution in [2.75, 3.05) is 7.05 Å². The van der Waals surface area contributed by atoms with Crippen molar-refractivity contribution < 1.29 is 5.21 Å². The van der Waals surface area contributed by atoms with Crippen molar-refractivity contribution in [3.8, 4) is 0 Å². The van der Waals surface area contributed by atoms with Gasteiger partial charge in [-0.1, -0.05) is 5.16 Å². The number of halogens is 1. The summed E-state index contributed by atoms with van der Waals surface area (Å²) in [5.41, 5.74) is 7.59. The highest BCUT2D eigenvalue weighted by Crippen LogP contribution is 2.21. The Kier molecular flexibility index (Phi) is 4.53. The molecule has 17 heavy (non-hydrogen) atoms. The maximum Gasteiger partial charge on any atom is 0.156 e. The summed E-state index contributed by atoms with van der Waals surface area (Å²) >= 11 is 3.51. The van der Waals surface area contributed by atoms with Gasteiger partial charge in [0.15, 0.2) is 5.84 Å². The number of likely N-dealkylation sites (N-methyl/N-ethyl adjacent to an activating group) is 1. The smallest absolute Gasteiger partial charge is 0.156 e. The molecule has 0 aliphatic rings. The average molecular weight is 304 g/mol. The minimum Gasteiger partial charge on any atom is -0.409 e. The molecule has 1 heterocycles. The number of amidine groups is 1. The molecule has 0 aliphatic heterocycles. The molecule has 0 aliphatic carbocycles. The van der Waals surface area contributed by atoms with E-state index in [9.17, 15) is 0 Å². The highest BCUT2D eigenvalue weighted by molar-refractivity contribution is 9.10. The predicted octanol–water partition coefficient (Wildman–Crippen LogP) is 1.06. The number of aryl methyl sites for hydroxylation is 2. The Morgan fingerprint density at radius 3 is 2.71 bits per heavy atom. The monoisotopic (exact) mass is 303 g/mol. The third-order valence-electron chi connectivity index (χ3n) is 2.87. The van der Waals surface area contributed by atoms with Gasteiger partial charge in [-0.15, -0.1) is 0 Å². The molecule has 0 saturated heterocycles. The van der Waals surface area contributed by atoms with Crippen molar-refractivity contribution in [1.29, 1.82) is 0 Å². The van der Waals surface area contributed by atoms with Crippen LogP contribution in [0.4, 0.5) is 0 Å². The fourth-order valence-corrected chi connectivity index (χ4v) is 2.00. The van der Waals surface area contributed by atoms with Crippen LogP contribution in [0, 0.1) is 6.92 Å². The van der Waals surface area contributed by atoms with E-state index in [-0.39, 0.29) is 11.9 Å². The lowest BCUT2D eigenvalue weighted by molar-refractivity contribution is 0.274. The molecule has 1 rings (SSSR count). The first-order valence-corrected chi connectivity index (χ1v) is 6.03. The van der Waals surface area contributed by atoms with Gasteiger partial charge >= 0.3 is 0 Å². The van der Waals surface area contributed by atoms with Crippen LogP contribution < -0.4 is 5.73 Å². The van der Waals surface area contributed by atoms with E-state index >= 15 is 0 Å². The summed E-state index contributed by atoms with van der Waals surface area (Å²) in [6.07, 6.45) is 0. The standard InChI is InChI=1S/C10H18BrN5O/c1-6-9(11)8(16(4)13-6)5-15(3)7(2)10(12)14-17/h7,17H,5H2,1-4H3,(H2,12,14). The van der Waals surface area contributed by atoms with Crippen LogP contribution in [0.15, 0.2) is 9.63 Å². The van der Waals surface area contributed by atoms with E-state index in [1.165, 1.54) is 0 Å². The van der Waals surface area contributed by atoms with Gasteiger partial charge in [-0.25, -0.2) is 0 Å². The number of aromatic nitrogens is 2. The Labute approximate surface area is 109 Å². The summed E-state index contributed by atoms with van der Waals surface area (Å²) < 4.78 is 2.83. The van der Waals surface area contributed by atoms with Crippen molar-refractivity contribution in [2.24, 2.45) is 17.9 Å². The minimum atomic E-state index is -0.137. The zero-order valence-corrected chi connectivity index (χ0v) is 12.1. The molecule has 96 valence electrons. The van der Waals surface area contributed by atoms with Gasteiger partial charge in [0.05, 0.1) is 21.9 Å². The summed E-state index contributed by atoms with van der Waals surface area (Å²) in [5, 5.41) is 16.0. The van der Waals surface area contributed by atoms with Crippen LogP contribution in [0.2, 0.25) is 0 Å². The molecule has 1 aromatic heterocycles. The lowest BCUT2D eigenvalue weighted by Gasteiger charge is -2.23. The SMILES string of the molecule is Cc1nn(C)c(CN(C)C(C)C(N)=NO)c1Br. The lowest BCUT2D eigenvalue weighted by Crippen LogP contribution is -2.40. The Hall–Kier alpha value is -1.08. The molecule has 0 amide bonds. The summed E-state index contributed by atoms with van der Waals surface area (Å²) in [6.45, 7) is 4.49. The van der Waals surface area contributed by atoms with Gasteiger partial charge in [-0.3, -0.25) is 9.58 Å². The average Bonchev–Trinajstić information content (AvgIpc) is 2.53. The minimum absolute atomic E-state index is 0.137. The van der Waals surface area contributed by atoms with E-state index in [0.717, 1.165) is 15.9 Å². The largest absolute Gasteiger partial charge is 0.409 e. The molecule has 0 aromatic carbocycles. The fraction of sp³-hybridized carbons (Fsp3) is 0.600. The number of hydrogen-bond donors (Lipinski definition) is 2. The van der Waals surface area contributed by atoms with Gasteiger partial charge in [0.1, 0.15) is 0 Å². The van der Waals surface area contributed by atoms with Crippen molar-refractivity contribution in [3.63, 3.8) is 0 Å². The Morgan fingerprint density at radius 2 is 2.29 bits per heavy atom. The summed E-state index contributed by atoms with van der Waals surface area (Å²) in [4.78, 5) is 1.98. The zero-order chi connectivity index (χ0) is 13.2. The highest BCUT2D eigenvalue weighted by Gasteiger charge is 2.18. The summed E-state index contributed by atoms with van der Waals surface area (Å²) in [7, 11) is 3.81. The van der Waals surface area contributed by atoms with Crippen LogP contribution in [0.1, 0.15) is 18.3 Å². The molecule has 1 atom stereocenters. The van der Waals surface area contributed by atoms with E-state index in [4.69, 9.17) is 10.9 Å². The zero-order valence-electron chi connectivity index (χ0n) is 10.5. The third kappa shape index (κ3) is 2.98. The maximum atomic E-state index is 8.64. The van der Waals surface area contributed by atoms with Gasteiger partial charge in [0.2, 0.25) is 0 Å². The fourth-order valence-electron chi connectivity index (χ4n) is 1.53. The second kappa shape index (κ2) is 5.50. The van der Waals surface area contributed by atoms with Crippen LogP contribution >= 0.6 is 15.9 Å². The van der Waals surface area contributed by atoms with Crippen LogP contribution in [-0.4, -0.2) is 38.8 Å². The van der Waals surface area contributed by atoms with E-state index in [2.05, 4.69) is 26.2 Å².